The van der Waals surface area contributed by atoms with Crippen LogP contribution in [0.5, 0.6) is 0 Å². The summed E-state index contributed by atoms with van der Waals surface area (Å²) in [5.74, 6) is 0.560. The maximum Gasteiger partial charge on any atom is 0.508 e. The van der Waals surface area contributed by atoms with Gasteiger partial charge in [-0.3, -0.25) is 0 Å². The van der Waals surface area contributed by atoms with Gasteiger partial charge in [0.15, 0.2) is 0 Å². The lowest BCUT2D eigenvalue weighted by molar-refractivity contribution is 0.0858. The van der Waals surface area contributed by atoms with E-state index in [9.17, 15) is 4.79 Å². The molecule has 0 bridgehead atoms. The fourth-order valence-corrected chi connectivity index (χ4v) is 2.08. The summed E-state index contributed by atoms with van der Waals surface area (Å²) in [5, 5.41) is 0. The van der Waals surface area contributed by atoms with Gasteiger partial charge in [0, 0.05) is 0 Å². The Kier molecular flexibility index (Phi) is 2.19. The van der Waals surface area contributed by atoms with Crippen LogP contribution in [0.2, 0.25) is 0 Å². The molecule has 2 aliphatic rings. The van der Waals surface area contributed by atoms with Crippen molar-refractivity contribution in [1.29, 1.82) is 0 Å². The number of hydrogen-bond donors (Lipinski definition) is 0. The summed E-state index contributed by atoms with van der Waals surface area (Å²) in [4.78, 5) is 10.7. The Balaban J connectivity index is 1.86. The molecule has 12 heavy (non-hydrogen) atoms. The van der Waals surface area contributed by atoms with Crippen molar-refractivity contribution < 1.29 is 14.3 Å². The van der Waals surface area contributed by atoms with E-state index in [0.29, 0.717) is 12.5 Å². The first-order chi connectivity index (χ1) is 5.86. The molecule has 1 saturated carbocycles. The topological polar surface area (TPSA) is 35.5 Å². The monoisotopic (exact) mass is 170 g/mol. The molecule has 0 aromatic heterocycles. The molecule has 0 N–H and O–H groups in total. The Morgan fingerprint density at radius 3 is 2.50 bits per heavy atom. The summed E-state index contributed by atoms with van der Waals surface area (Å²) in [6, 6.07) is 0. The maximum absolute atomic E-state index is 10.7. The third kappa shape index (κ3) is 1.54. The molecule has 1 aliphatic heterocycles. The van der Waals surface area contributed by atoms with Crippen molar-refractivity contribution >= 4 is 6.16 Å². The van der Waals surface area contributed by atoms with Crippen LogP contribution in [-0.4, -0.2) is 18.9 Å². The Morgan fingerprint density at radius 2 is 1.92 bits per heavy atom. The number of carbonyl (C=O) groups excluding carboxylic acids is 1. The maximum atomic E-state index is 10.7. The van der Waals surface area contributed by atoms with Crippen LogP contribution >= 0.6 is 0 Å². The highest BCUT2D eigenvalue weighted by Gasteiger charge is 2.32. The molecule has 2 rings (SSSR count). The van der Waals surface area contributed by atoms with Crippen LogP contribution < -0.4 is 0 Å². The van der Waals surface area contributed by atoms with Crippen molar-refractivity contribution in [3.05, 3.63) is 0 Å². The number of ether oxygens (including phenoxy) is 2. The largest absolute Gasteiger partial charge is 0.508 e. The van der Waals surface area contributed by atoms with Crippen LogP contribution in [0.15, 0.2) is 0 Å². The molecule has 1 aliphatic carbocycles. The van der Waals surface area contributed by atoms with Crippen molar-refractivity contribution in [3.63, 3.8) is 0 Å². The second kappa shape index (κ2) is 3.33. The lowest BCUT2D eigenvalue weighted by Gasteiger charge is -2.24. The smallest absolute Gasteiger partial charge is 0.430 e. The summed E-state index contributed by atoms with van der Waals surface area (Å²) in [6.45, 7) is 0.476. The van der Waals surface area contributed by atoms with Crippen molar-refractivity contribution in [3.8, 4) is 0 Å². The fraction of sp³-hybridized carbons (Fsp3) is 0.889. The highest BCUT2D eigenvalue weighted by molar-refractivity contribution is 5.61. The first-order valence-corrected chi connectivity index (χ1v) is 4.69. The third-order valence-electron chi connectivity index (χ3n) is 2.79. The van der Waals surface area contributed by atoms with Crippen molar-refractivity contribution in [2.75, 3.05) is 6.61 Å². The highest BCUT2D eigenvalue weighted by atomic mass is 16.8. The number of hydrogen-bond acceptors (Lipinski definition) is 3. The van der Waals surface area contributed by atoms with Gasteiger partial charge in [-0.15, -0.1) is 0 Å². The molecule has 0 aromatic carbocycles. The molecule has 0 radical (unpaired) electrons. The van der Waals surface area contributed by atoms with Crippen LogP contribution in [0.25, 0.3) is 0 Å². The molecule has 3 nitrogen and oxygen atoms in total. The van der Waals surface area contributed by atoms with Gasteiger partial charge in [0.05, 0.1) is 0 Å². The Hall–Kier alpha value is -0.730. The summed E-state index contributed by atoms with van der Waals surface area (Å²) in [5.41, 5.74) is 0. The van der Waals surface area contributed by atoms with Crippen molar-refractivity contribution in [2.45, 2.75) is 38.2 Å². The van der Waals surface area contributed by atoms with Gasteiger partial charge in [-0.1, -0.05) is 19.3 Å². The van der Waals surface area contributed by atoms with Gasteiger partial charge in [-0.2, -0.15) is 0 Å². The molecule has 0 aromatic rings. The molecule has 1 saturated heterocycles. The zero-order valence-corrected chi connectivity index (χ0v) is 7.12. The molecule has 2 fully saturated rings. The molecule has 3 heteroatoms. The van der Waals surface area contributed by atoms with Crippen LogP contribution in [0.4, 0.5) is 4.79 Å². The van der Waals surface area contributed by atoms with Crippen molar-refractivity contribution in [2.24, 2.45) is 5.92 Å². The molecule has 68 valence electrons. The minimum Gasteiger partial charge on any atom is -0.430 e. The Bertz CT molecular complexity index is 173. The third-order valence-corrected chi connectivity index (χ3v) is 2.79. The van der Waals surface area contributed by atoms with E-state index in [1.807, 2.05) is 0 Å². The standard InChI is InChI=1S/C9H14O3/c10-9-11-6-8(12-9)7-4-2-1-3-5-7/h7-8H,1-6H2. The summed E-state index contributed by atoms with van der Waals surface area (Å²) in [6.07, 6.45) is 5.85. The molecule has 0 amide bonds. The molecule has 1 heterocycles. The van der Waals surface area contributed by atoms with E-state index in [0.717, 1.165) is 0 Å². The molecular formula is C9H14O3. The van der Waals surface area contributed by atoms with E-state index >= 15 is 0 Å². The first-order valence-electron chi connectivity index (χ1n) is 4.69. The lowest BCUT2D eigenvalue weighted by atomic mass is 9.85. The van der Waals surface area contributed by atoms with Gasteiger partial charge >= 0.3 is 6.16 Å². The normalized spacial score (nSPS) is 31.3. The zero-order valence-electron chi connectivity index (χ0n) is 7.12. The SMILES string of the molecule is O=C1OCC(C2CCCCC2)O1. The summed E-state index contributed by atoms with van der Waals surface area (Å²) < 4.78 is 9.80. The van der Waals surface area contributed by atoms with Crippen LogP contribution in [0.3, 0.4) is 0 Å². The van der Waals surface area contributed by atoms with E-state index in [4.69, 9.17) is 9.47 Å². The minimum atomic E-state index is -0.481. The average molecular weight is 170 g/mol. The Morgan fingerprint density at radius 1 is 1.17 bits per heavy atom. The number of carbonyl (C=O) groups is 1. The molecule has 1 atom stereocenters. The van der Waals surface area contributed by atoms with E-state index < -0.39 is 6.16 Å². The van der Waals surface area contributed by atoms with Gasteiger partial charge < -0.3 is 9.47 Å². The molecule has 0 spiro atoms. The van der Waals surface area contributed by atoms with E-state index in [1.54, 1.807) is 0 Å². The van der Waals surface area contributed by atoms with Gasteiger partial charge in [-0.05, 0) is 18.8 Å². The molecule has 1 unspecified atom stereocenters. The number of rotatable bonds is 1. The van der Waals surface area contributed by atoms with Crippen molar-refractivity contribution in [1.82, 2.24) is 0 Å². The zero-order chi connectivity index (χ0) is 8.39. The second-order valence-corrected chi connectivity index (χ2v) is 3.62. The van der Waals surface area contributed by atoms with E-state index in [1.165, 1.54) is 32.1 Å². The summed E-state index contributed by atoms with van der Waals surface area (Å²) in [7, 11) is 0. The lowest BCUT2D eigenvalue weighted by Crippen LogP contribution is -2.24. The Labute approximate surface area is 72.0 Å². The van der Waals surface area contributed by atoms with E-state index in [2.05, 4.69) is 0 Å². The predicted molar refractivity (Wildman–Crippen MR) is 42.8 cm³/mol. The van der Waals surface area contributed by atoms with Gasteiger partial charge in [0.25, 0.3) is 0 Å². The van der Waals surface area contributed by atoms with Crippen LogP contribution in [-0.2, 0) is 9.47 Å². The minimum absolute atomic E-state index is 0.0535. The fourth-order valence-electron chi connectivity index (χ4n) is 2.08. The van der Waals surface area contributed by atoms with E-state index in [-0.39, 0.29) is 6.10 Å². The first kappa shape index (κ1) is 7.90. The molecular weight excluding hydrogens is 156 g/mol. The highest BCUT2D eigenvalue weighted by Crippen LogP contribution is 2.30. The van der Waals surface area contributed by atoms with Gasteiger partial charge in [0.2, 0.25) is 0 Å². The summed E-state index contributed by atoms with van der Waals surface area (Å²) >= 11 is 0. The van der Waals surface area contributed by atoms with Gasteiger partial charge in [-0.25, -0.2) is 4.79 Å². The second-order valence-electron chi connectivity index (χ2n) is 3.62. The van der Waals surface area contributed by atoms with Crippen LogP contribution in [0.1, 0.15) is 32.1 Å². The predicted octanol–water partition coefficient (Wildman–Crippen LogP) is 2.10. The van der Waals surface area contributed by atoms with Crippen LogP contribution in [0, 0.1) is 5.92 Å². The average Bonchev–Trinajstić information content (AvgIpc) is 2.54. The quantitative estimate of drug-likeness (QED) is 0.565. The van der Waals surface area contributed by atoms with Gasteiger partial charge in [0.1, 0.15) is 12.7 Å². The number of cyclic esters (lactones) is 2.